The van der Waals surface area contributed by atoms with Crippen LogP contribution in [-0.4, -0.2) is 63.6 Å². The van der Waals surface area contributed by atoms with Crippen LogP contribution in [0.2, 0.25) is 0 Å². The van der Waals surface area contributed by atoms with E-state index in [4.69, 9.17) is 9.47 Å². The molecule has 1 aromatic carbocycles. The van der Waals surface area contributed by atoms with Crippen LogP contribution < -0.4 is 9.46 Å². The molecule has 1 saturated heterocycles. The quantitative estimate of drug-likeness (QED) is 0.766. The average molecular weight is 449 g/mol. The van der Waals surface area contributed by atoms with Crippen molar-refractivity contribution in [3.8, 4) is 5.75 Å². The molecular weight excluding hydrogens is 412 g/mol. The first kappa shape index (κ1) is 21.7. The van der Waals surface area contributed by atoms with Crippen molar-refractivity contribution in [2.45, 2.75) is 75.5 Å². The molecule has 2 saturated carbocycles. The maximum absolute atomic E-state index is 12.7. The van der Waals surface area contributed by atoms with Crippen LogP contribution in [0.1, 0.15) is 62.8 Å². The van der Waals surface area contributed by atoms with Crippen LogP contribution in [0.15, 0.2) is 24.3 Å². The Hall–Kier alpha value is -1.15. The Labute approximate surface area is 186 Å². The van der Waals surface area contributed by atoms with E-state index in [1.807, 2.05) is 0 Å². The van der Waals surface area contributed by atoms with Crippen molar-refractivity contribution in [2.24, 2.45) is 5.92 Å². The molecule has 172 valence electrons. The fourth-order valence-electron chi connectivity index (χ4n) is 5.63. The molecule has 1 aromatic rings. The van der Waals surface area contributed by atoms with Crippen LogP contribution in [-0.2, 0) is 14.8 Å². The summed E-state index contributed by atoms with van der Waals surface area (Å²) >= 11 is 0. The minimum atomic E-state index is -3.24. The monoisotopic (exact) mass is 448 g/mol. The van der Waals surface area contributed by atoms with Crippen molar-refractivity contribution in [1.82, 2.24) is 9.62 Å². The van der Waals surface area contributed by atoms with Crippen molar-refractivity contribution in [3.63, 3.8) is 0 Å². The SMILES string of the molecule is O=S(=O)(CC1CC1)N[C@H]1CCCN2CCOc3ccccc3C3CCC(CC3)OCC12. The minimum absolute atomic E-state index is 0.0695. The van der Waals surface area contributed by atoms with Gasteiger partial charge in [-0.3, -0.25) is 4.90 Å². The van der Waals surface area contributed by atoms with Crippen molar-refractivity contribution >= 4 is 10.0 Å². The summed E-state index contributed by atoms with van der Waals surface area (Å²) in [5, 5.41) is 0. The van der Waals surface area contributed by atoms with Gasteiger partial charge >= 0.3 is 0 Å². The predicted molar refractivity (Wildman–Crippen MR) is 121 cm³/mol. The van der Waals surface area contributed by atoms with Crippen LogP contribution >= 0.6 is 0 Å². The Bertz CT molecular complexity index is 849. The molecule has 1 N–H and O–H groups in total. The van der Waals surface area contributed by atoms with E-state index >= 15 is 0 Å². The van der Waals surface area contributed by atoms with Crippen molar-refractivity contribution in [1.29, 1.82) is 0 Å². The van der Waals surface area contributed by atoms with E-state index in [1.165, 1.54) is 5.56 Å². The van der Waals surface area contributed by atoms with E-state index in [0.717, 1.165) is 70.2 Å². The smallest absolute Gasteiger partial charge is 0.212 e. The number of hydrogen-bond donors (Lipinski definition) is 1. The number of nitrogens with one attached hydrogen (secondary N) is 1. The van der Waals surface area contributed by atoms with Gasteiger partial charge in [-0.1, -0.05) is 18.2 Å². The molecule has 3 heterocycles. The van der Waals surface area contributed by atoms with Gasteiger partial charge in [0, 0.05) is 18.6 Å². The summed E-state index contributed by atoms with van der Waals surface area (Å²) in [5.41, 5.74) is 1.33. The van der Waals surface area contributed by atoms with E-state index < -0.39 is 10.0 Å². The van der Waals surface area contributed by atoms with Crippen LogP contribution in [0.25, 0.3) is 0 Å². The van der Waals surface area contributed by atoms with Gasteiger partial charge in [0.2, 0.25) is 10.0 Å². The molecule has 3 aliphatic heterocycles. The third-order valence-electron chi connectivity index (χ3n) is 7.55. The van der Waals surface area contributed by atoms with E-state index in [2.05, 4.69) is 33.9 Å². The third-order valence-corrected chi connectivity index (χ3v) is 9.12. The lowest BCUT2D eigenvalue weighted by Crippen LogP contribution is -2.58. The molecule has 0 spiro atoms. The topological polar surface area (TPSA) is 67.9 Å². The third kappa shape index (κ3) is 5.44. The number of benzene rings is 1. The maximum Gasteiger partial charge on any atom is 0.212 e. The Morgan fingerprint density at radius 1 is 1.00 bits per heavy atom. The zero-order chi connectivity index (χ0) is 21.3. The molecule has 2 bridgehead atoms. The first-order chi connectivity index (χ1) is 15.1. The zero-order valence-electron chi connectivity index (χ0n) is 18.4. The highest BCUT2D eigenvalue weighted by atomic mass is 32.2. The van der Waals surface area contributed by atoms with Crippen LogP contribution in [0, 0.1) is 5.92 Å². The van der Waals surface area contributed by atoms with Gasteiger partial charge in [-0.15, -0.1) is 0 Å². The molecule has 3 fully saturated rings. The number of nitrogens with zero attached hydrogens (tertiary/aromatic N) is 1. The van der Waals surface area contributed by atoms with E-state index in [9.17, 15) is 8.42 Å². The number of sulfonamides is 1. The van der Waals surface area contributed by atoms with Gasteiger partial charge < -0.3 is 9.47 Å². The van der Waals surface area contributed by atoms with Gasteiger partial charge in [-0.2, -0.15) is 0 Å². The number of fused-ring (bicyclic) bond motifs is 5. The first-order valence-electron chi connectivity index (χ1n) is 12.1. The molecular formula is C24H36N2O4S. The molecule has 0 amide bonds. The van der Waals surface area contributed by atoms with E-state index in [0.29, 0.717) is 25.0 Å². The fraction of sp³-hybridized carbons (Fsp3) is 0.750. The fourth-order valence-corrected chi connectivity index (χ4v) is 7.42. The second-order valence-corrected chi connectivity index (χ2v) is 11.7. The molecule has 0 radical (unpaired) electrons. The molecule has 2 atom stereocenters. The Morgan fingerprint density at radius 3 is 2.61 bits per heavy atom. The van der Waals surface area contributed by atoms with Gasteiger partial charge in [0.1, 0.15) is 12.4 Å². The van der Waals surface area contributed by atoms with Gasteiger partial charge in [0.25, 0.3) is 0 Å². The highest BCUT2D eigenvalue weighted by Gasteiger charge is 2.37. The lowest BCUT2D eigenvalue weighted by molar-refractivity contribution is -0.0284. The summed E-state index contributed by atoms with van der Waals surface area (Å²) in [6.07, 6.45) is 8.61. The molecule has 1 unspecified atom stereocenters. The normalized spacial score (nSPS) is 32.6. The highest BCUT2D eigenvalue weighted by molar-refractivity contribution is 7.89. The minimum Gasteiger partial charge on any atom is -0.492 e. The van der Waals surface area contributed by atoms with Crippen LogP contribution in [0.3, 0.4) is 0 Å². The molecule has 6 rings (SSSR count). The van der Waals surface area contributed by atoms with Crippen molar-refractivity contribution in [3.05, 3.63) is 29.8 Å². The molecule has 6 nitrogen and oxygen atoms in total. The molecule has 7 heteroatoms. The number of rotatable bonds is 4. The number of para-hydroxylation sites is 1. The summed E-state index contributed by atoms with van der Waals surface area (Å²) in [7, 11) is -3.24. The molecule has 0 aromatic heterocycles. The first-order valence-corrected chi connectivity index (χ1v) is 13.8. The predicted octanol–water partition coefficient (Wildman–Crippen LogP) is 3.28. The standard InChI is InChI=1S/C24H36N2O4S/c27-31(28,17-18-7-8-18)25-22-5-3-13-26-14-15-29-24-6-2-1-4-21(24)19-9-11-20(12-10-19)30-16-23(22)26/h1-2,4,6,18-20,22-23,25H,3,5,7-17H2/t19?,20?,22-,23?/m0/s1. The van der Waals surface area contributed by atoms with Gasteiger partial charge in [0.15, 0.2) is 0 Å². The van der Waals surface area contributed by atoms with E-state index in [1.54, 1.807) is 0 Å². The molecule has 2 aliphatic carbocycles. The summed E-state index contributed by atoms with van der Waals surface area (Å²) in [6, 6.07) is 8.48. The summed E-state index contributed by atoms with van der Waals surface area (Å²) in [4.78, 5) is 2.39. The Balaban J connectivity index is 1.33. The van der Waals surface area contributed by atoms with Crippen LogP contribution in [0.4, 0.5) is 0 Å². The second kappa shape index (κ2) is 9.38. The number of ether oxygens (including phenoxy) is 2. The molecule has 5 aliphatic rings. The number of piperidine rings is 1. The number of hydrogen-bond acceptors (Lipinski definition) is 5. The summed E-state index contributed by atoms with van der Waals surface area (Å²) in [5.74, 6) is 2.20. The van der Waals surface area contributed by atoms with Crippen molar-refractivity contribution < 1.29 is 17.9 Å². The zero-order valence-corrected chi connectivity index (χ0v) is 19.2. The maximum atomic E-state index is 12.7. The molecule has 31 heavy (non-hydrogen) atoms. The van der Waals surface area contributed by atoms with E-state index in [-0.39, 0.29) is 23.9 Å². The van der Waals surface area contributed by atoms with Gasteiger partial charge in [-0.05, 0) is 81.4 Å². The summed E-state index contributed by atoms with van der Waals surface area (Å²) < 4.78 is 41.2. The highest BCUT2D eigenvalue weighted by Crippen LogP contribution is 2.39. The average Bonchev–Trinajstić information content (AvgIpc) is 3.56. The summed E-state index contributed by atoms with van der Waals surface area (Å²) in [6.45, 7) is 2.97. The second-order valence-electron chi connectivity index (χ2n) is 9.89. The lowest BCUT2D eigenvalue weighted by Gasteiger charge is -2.42. The van der Waals surface area contributed by atoms with Crippen molar-refractivity contribution in [2.75, 3.05) is 32.1 Å². The Kier molecular flexibility index (Phi) is 6.56. The van der Waals surface area contributed by atoms with Gasteiger partial charge in [-0.25, -0.2) is 13.1 Å². The largest absolute Gasteiger partial charge is 0.492 e. The van der Waals surface area contributed by atoms with Gasteiger partial charge in [0.05, 0.1) is 18.5 Å². The Morgan fingerprint density at radius 2 is 1.81 bits per heavy atom. The lowest BCUT2D eigenvalue weighted by atomic mass is 9.82. The van der Waals surface area contributed by atoms with Crippen LogP contribution in [0.5, 0.6) is 5.75 Å².